The van der Waals surface area contributed by atoms with Crippen molar-refractivity contribution in [3.05, 3.63) is 86.7 Å². The van der Waals surface area contributed by atoms with E-state index in [4.69, 9.17) is 0 Å². The molecule has 154 valence electrons. The molecule has 2 aromatic carbocycles. The van der Waals surface area contributed by atoms with Crippen LogP contribution in [0.2, 0.25) is 0 Å². The number of aromatic nitrogens is 2. The smallest absolute Gasteiger partial charge is 0.270 e. The molecule has 3 aromatic rings. The molecule has 8 heteroatoms. The fourth-order valence-electron chi connectivity index (χ4n) is 2.97. The molecule has 0 saturated heterocycles. The normalized spacial score (nSPS) is 10.6. The van der Waals surface area contributed by atoms with Gasteiger partial charge >= 0.3 is 0 Å². The van der Waals surface area contributed by atoms with Gasteiger partial charge in [0.2, 0.25) is 5.91 Å². The van der Waals surface area contributed by atoms with Gasteiger partial charge in [-0.3, -0.25) is 19.7 Å². The number of rotatable bonds is 8. The Bertz CT molecular complexity index is 1110. The van der Waals surface area contributed by atoms with Gasteiger partial charge in [0.15, 0.2) is 0 Å². The number of amides is 1. The number of nitro groups is 1. The molecular weight excluding hydrogens is 384 g/mol. The van der Waals surface area contributed by atoms with Crippen LogP contribution in [0.3, 0.4) is 0 Å². The monoisotopic (exact) mass is 406 g/mol. The summed E-state index contributed by atoms with van der Waals surface area (Å²) < 4.78 is 1.04. The van der Waals surface area contributed by atoms with E-state index >= 15 is 0 Å². The lowest BCUT2D eigenvalue weighted by molar-refractivity contribution is -0.384. The summed E-state index contributed by atoms with van der Waals surface area (Å²) in [5.74, 6) is -0.387. The minimum atomic E-state index is -0.500. The lowest BCUT2D eigenvalue weighted by Gasteiger charge is -2.09. The Morgan fingerprint density at radius 3 is 2.60 bits per heavy atom. The van der Waals surface area contributed by atoms with Crippen LogP contribution in [0.25, 0.3) is 11.3 Å². The van der Waals surface area contributed by atoms with Crippen molar-refractivity contribution < 1.29 is 9.72 Å². The molecule has 0 saturated carbocycles. The van der Waals surface area contributed by atoms with Crippen molar-refractivity contribution in [1.82, 2.24) is 9.78 Å². The fourth-order valence-corrected chi connectivity index (χ4v) is 2.97. The van der Waals surface area contributed by atoms with Gasteiger partial charge in [-0.2, -0.15) is 5.10 Å². The van der Waals surface area contributed by atoms with Crippen LogP contribution in [-0.4, -0.2) is 20.6 Å². The molecule has 1 amide bonds. The number of benzene rings is 2. The average molecular weight is 406 g/mol. The van der Waals surface area contributed by atoms with Gasteiger partial charge in [-0.15, -0.1) is 0 Å². The predicted octanol–water partition coefficient (Wildman–Crippen LogP) is 3.80. The second-order valence-electron chi connectivity index (χ2n) is 6.87. The van der Waals surface area contributed by atoms with E-state index in [1.807, 2.05) is 24.3 Å². The number of carbonyl (C=O) groups excluding carboxylic acids is 1. The first kappa shape index (κ1) is 20.9. The summed E-state index contributed by atoms with van der Waals surface area (Å²) in [7, 11) is 0. The van der Waals surface area contributed by atoms with Crippen LogP contribution in [0.4, 0.5) is 11.4 Å². The zero-order valence-electron chi connectivity index (χ0n) is 16.6. The van der Waals surface area contributed by atoms with E-state index in [-0.39, 0.29) is 18.1 Å². The molecule has 0 aliphatic heterocycles. The summed E-state index contributed by atoms with van der Waals surface area (Å²) in [6.45, 7) is 1.87. The molecule has 0 aliphatic carbocycles. The molecule has 0 spiro atoms. The van der Waals surface area contributed by atoms with Crippen LogP contribution >= 0.6 is 0 Å². The minimum absolute atomic E-state index is 0.0767. The maximum Gasteiger partial charge on any atom is 0.270 e. The lowest BCUT2D eigenvalue weighted by atomic mass is 10.1. The molecular formula is C22H22N4O4. The zero-order valence-corrected chi connectivity index (χ0v) is 16.6. The first-order chi connectivity index (χ1) is 14.5. The number of non-ortho nitro benzene ring substituents is 1. The molecule has 0 atom stereocenters. The molecule has 1 aromatic heterocycles. The van der Waals surface area contributed by atoms with Crippen LogP contribution in [0.5, 0.6) is 0 Å². The van der Waals surface area contributed by atoms with Crippen molar-refractivity contribution in [2.24, 2.45) is 0 Å². The molecule has 0 aliphatic rings. The fraction of sp³-hybridized carbons (Fsp3) is 0.227. The molecule has 8 nitrogen and oxygen atoms in total. The van der Waals surface area contributed by atoms with Crippen molar-refractivity contribution in [3.8, 4) is 11.3 Å². The van der Waals surface area contributed by atoms with E-state index < -0.39 is 10.5 Å². The standard InChI is InChI=1S/C22H22N4O4/c1-2-3-5-16-8-10-18(11-9-16)23-21(27)15-25-22(28)13-12-20(24-25)17-6-4-7-19(14-17)26(29)30/h4,6-14H,2-3,5,15H2,1H3,(H,23,27). The number of hydrogen-bond donors (Lipinski definition) is 1. The largest absolute Gasteiger partial charge is 0.324 e. The number of carbonyl (C=O) groups is 1. The highest BCUT2D eigenvalue weighted by Crippen LogP contribution is 2.21. The van der Waals surface area contributed by atoms with Crippen molar-refractivity contribution in [2.45, 2.75) is 32.7 Å². The maximum atomic E-state index is 12.4. The molecule has 0 fully saturated rings. The van der Waals surface area contributed by atoms with Gasteiger partial charge in [0, 0.05) is 29.4 Å². The molecule has 1 N–H and O–H groups in total. The lowest BCUT2D eigenvalue weighted by Crippen LogP contribution is -2.29. The molecule has 0 radical (unpaired) electrons. The summed E-state index contributed by atoms with van der Waals surface area (Å²) >= 11 is 0. The topological polar surface area (TPSA) is 107 Å². The van der Waals surface area contributed by atoms with Gasteiger partial charge in [-0.1, -0.05) is 37.6 Å². The minimum Gasteiger partial charge on any atom is -0.324 e. The van der Waals surface area contributed by atoms with Gasteiger partial charge in [-0.25, -0.2) is 4.68 Å². The van der Waals surface area contributed by atoms with E-state index in [0.29, 0.717) is 16.9 Å². The first-order valence-electron chi connectivity index (χ1n) is 9.68. The number of unbranched alkanes of at least 4 members (excludes halogenated alkanes) is 1. The van der Waals surface area contributed by atoms with Gasteiger partial charge in [0.05, 0.1) is 10.6 Å². The average Bonchev–Trinajstić information content (AvgIpc) is 2.75. The Kier molecular flexibility index (Phi) is 6.69. The van der Waals surface area contributed by atoms with E-state index in [1.54, 1.807) is 12.1 Å². The van der Waals surface area contributed by atoms with Crippen molar-refractivity contribution in [3.63, 3.8) is 0 Å². The summed E-state index contributed by atoms with van der Waals surface area (Å²) in [6, 6.07) is 16.3. The van der Waals surface area contributed by atoms with Crippen LogP contribution in [-0.2, 0) is 17.8 Å². The van der Waals surface area contributed by atoms with Crippen LogP contribution in [0.1, 0.15) is 25.3 Å². The van der Waals surface area contributed by atoms with E-state index in [9.17, 15) is 19.7 Å². The number of aryl methyl sites for hydroxylation is 1. The summed E-state index contributed by atoms with van der Waals surface area (Å²) in [5, 5.41) is 17.9. The van der Waals surface area contributed by atoms with Crippen LogP contribution in [0.15, 0.2) is 65.5 Å². The van der Waals surface area contributed by atoms with Crippen molar-refractivity contribution >= 4 is 17.3 Å². The highest BCUT2D eigenvalue weighted by Gasteiger charge is 2.11. The number of anilines is 1. The third kappa shape index (κ3) is 5.38. The number of hydrogen-bond acceptors (Lipinski definition) is 5. The van der Waals surface area contributed by atoms with Crippen molar-refractivity contribution in [2.75, 3.05) is 5.32 Å². The quantitative estimate of drug-likeness (QED) is 0.452. The Hall–Kier alpha value is -3.81. The van der Waals surface area contributed by atoms with Gasteiger partial charge in [-0.05, 0) is 36.6 Å². The Labute approximate surface area is 173 Å². The summed E-state index contributed by atoms with van der Waals surface area (Å²) in [5.41, 5.74) is 2.19. The van der Waals surface area contributed by atoms with Gasteiger partial charge in [0.1, 0.15) is 6.54 Å². The predicted molar refractivity (Wildman–Crippen MR) is 114 cm³/mol. The Balaban J connectivity index is 1.72. The number of nitrogens with zero attached hydrogens (tertiary/aromatic N) is 3. The number of nitro benzene ring substituents is 1. The summed E-state index contributed by atoms with van der Waals surface area (Å²) in [4.78, 5) is 35.0. The van der Waals surface area contributed by atoms with Crippen LogP contribution < -0.4 is 10.9 Å². The third-order valence-corrected chi connectivity index (χ3v) is 4.57. The van der Waals surface area contributed by atoms with Crippen LogP contribution in [0, 0.1) is 10.1 Å². The summed E-state index contributed by atoms with van der Waals surface area (Å²) in [6.07, 6.45) is 3.23. The Morgan fingerprint density at radius 1 is 1.13 bits per heavy atom. The second-order valence-corrected chi connectivity index (χ2v) is 6.87. The molecule has 0 unspecified atom stereocenters. The molecule has 1 heterocycles. The van der Waals surface area contributed by atoms with Gasteiger partial charge < -0.3 is 5.32 Å². The zero-order chi connectivity index (χ0) is 21.5. The third-order valence-electron chi connectivity index (χ3n) is 4.57. The SMILES string of the molecule is CCCCc1ccc(NC(=O)Cn2nc(-c3cccc([N+](=O)[O-])c3)ccc2=O)cc1. The number of nitrogens with one attached hydrogen (secondary N) is 1. The molecule has 0 bridgehead atoms. The van der Waals surface area contributed by atoms with E-state index in [0.717, 1.165) is 23.9 Å². The highest BCUT2D eigenvalue weighted by atomic mass is 16.6. The van der Waals surface area contributed by atoms with Crippen molar-refractivity contribution in [1.29, 1.82) is 0 Å². The maximum absolute atomic E-state index is 12.4. The highest BCUT2D eigenvalue weighted by molar-refractivity contribution is 5.90. The Morgan fingerprint density at radius 2 is 1.90 bits per heavy atom. The van der Waals surface area contributed by atoms with E-state index in [1.165, 1.54) is 29.8 Å². The molecule has 30 heavy (non-hydrogen) atoms. The van der Waals surface area contributed by atoms with Gasteiger partial charge in [0.25, 0.3) is 11.2 Å². The van der Waals surface area contributed by atoms with E-state index in [2.05, 4.69) is 17.3 Å². The first-order valence-corrected chi connectivity index (χ1v) is 9.68. The second kappa shape index (κ2) is 9.60. The molecule has 3 rings (SSSR count).